The number of rotatable bonds is 4. The van der Waals surface area contributed by atoms with Crippen molar-refractivity contribution < 1.29 is 0 Å². The summed E-state index contributed by atoms with van der Waals surface area (Å²) in [6, 6.07) is 2.16. The van der Waals surface area contributed by atoms with E-state index in [1.54, 1.807) is 0 Å². The molecule has 118 valence electrons. The maximum Gasteiger partial charge on any atom is 0.106 e. The van der Waals surface area contributed by atoms with E-state index < -0.39 is 0 Å². The van der Waals surface area contributed by atoms with E-state index in [0.717, 1.165) is 9.15 Å². The van der Waals surface area contributed by atoms with Gasteiger partial charge in [0.2, 0.25) is 0 Å². The largest absolute Gasteiger partial charge is 0.192 e. The van der Waals surface area contributed by atoms with Gasteiger partial charge in [-0.25, -0.2) is 0 Å². The van der Waals surface area contributed by atoms with Gasteiger partial charge in [0.1, 0.15) is 6.07 Å². The van der Waals surface area contributed by atoms with Gasteiger partial charge in [0.05, 0.1) is 3.58 Å². The summed E-state index contributed by atoms with van der Waals surface area (Å²) in [5.74, 6) is 0. The van der Waals surface area contributed by atoms with Gasteiger partial charge < -0.3 is 0 Å². The third-order valence-corrected chi connectivity index (χ3v) is 5.30. The average molecular weight is 407 g/mol. The van der Waals surface area contributed by atoms with Crippen LogP contribution in [0.4, 0.5) is 0 Å². The van der Waals surface area contributed by atoms with Crippen LogP contribution in [-0.2, 0) is 0 Å². The predicted molar refractivity (Wildman–Crippen MR) is 105 cm³/mol. The molecular formula is C20H26IN. The molecule has 22 heavy (non-hydrogen) atoms. The molecule has 0 aromatic rings. The third-order valence-electron chi connectivity index (χ3n) is 4.21. The Hall–Kier alpha value is -1.08. The normalized spacial score (nSPS) is 20.5. The second-order valence-corrected chi connectivity index (χ2v) is 7.72. The number of hydrogen-bond acceptors (Lipinski definition) is 1. The molecule has 0 aliphatic heterocycles. The van der Waals surface area contributed by atoms with Crippen molar-refractivity contribution in [2.45, 2.75) is 53.9 Å². The van der Waals surface area contributed by atoms with Crippen molar-refractivity contribution in [3.63, 3.8) is 0 Å². The van der Waals surface area contributed by atoms with Gasteiger partial charge in [0.15, 0.2) is 0 Å². The number of hydrogen-bond donors (Lipinski definition) is 0. The summed E-state index contributed by atoms with van der Waals surface area (Å²) in [4.78, 5) is 0. The second kappa shape index (κ2) is 8.53. The Morgan fingerprint density at radius 2 is 1.95 bits per heavy atom. The maximum absolute atomic E-state index is 8.84. The molecule has 0 saturated heterocycles. The standard InChI is InChI=1S/C20H26IN/c1-15(8-6-9-17(3)19(21)14-22)11-12-18-16(2)10-7-13-20(18,4)5/h6,8-9,11-12H,7,10,13H2,1-5H3/b9-6-,12-11+,15-8+,19-17-. The van der Waals surface area contributed by atoms with Crippen LogP contribution in [0.2, 0.25) is 0 Å². The minimum atomic E-state index is 0.289. The van der Waals surface area contributed by atoms with Crippen molar-refractivity contribution >= 4 is 22.6 Å². The lowest BCUT2D eigenvalue weighted by Gasteiger charge is -2.32. The molecule has 1 rings (SSSR count). The zero-order chi connectivity index (χ0) is 16.8. The molecule has 0 atom stereocenters. The minimum Gasteiger partial charge on any atom is -0.192 e. The van der Waals surface area contributed by atoms with Gasteiger partial charge in [-0.1, -0.05) is 55.4 Å². The first-order valence-electron chi connectivity index (χ1n) is 7.77. The van der Waals surface area contributed by atoms with E-state index >= 15 is 0 Å². The predicted octanol–water partition coefficient (Wildman–Crippen LogP) is 6.80. The maximum atomic E-state index is 8.84. The molecule has 0 radical (unpaired) electrons. The molecule has 0 unspecified atom stereocenters. The van der Waals surface area contributed by atoms with Crippen molar-refractivity contribution in [1.82, 2.24) is 0 Å². The number of halogens is 1. The minimum absolute atomic E-state index is 0.289. The van der Waals surface area contributed by atoms with Gasteiger partial charge in [0.25, 0.3) is 0 Å². The highest BCUT2D eigenvalue weighted by molar-refractivity contribution is 14.1. The van der Waals surface area contributed by atoms with E-state index in [1.807, 2.05) is 19.1 Å². The fourth-order valence-electron chi connectivity index (χ4n) is 2.79. The van der Waals surface area contributed by atoms with Gasteiger partial charge in [-0.3, -0.25) is 0 Å². The molecule has 2 heteroatoms. The van der Waals surface area contributed by atoms with Crippen LogP contribution < -0.4 is 0 Å². The summed E-state index contributed by atoms with van der Waals surface area (Å²) >= 11 is 2.07. The van der Waals surface area contributed by atoms with E-state index in [4.69, 9.17) is 5.26 Å². The molecule has 0 heterocycles. The Bertz CT molecular complexity index is 604. The summed E-state index contributed by atoms with van der Waals surface area (Å²) < 4.78 is 0.736. The monoisotopic (exact) mass is 407 g/mol. The fraction of sp³-hybridized carbons (Fsp3) is 0.450. The zero-order valence-corrected chi connectivity index (χ0v) is 16.5. The van der Waals surface area contributed by atoms with Crippen molar-refractivity contribution in [3.8, 4) is 6.07 Å². The summed E-state index contributed by atoms with van der Waals surface area (Å²) in [6.45, 7) is 11.0. The Morgan fingerprint density at radius 3 is 2.55 bits per heavy atom. The Balaban J connectivity index is 2.84. The first-order chi connectivity index (χ1) is 10.3. The topological polar surface area (TPSA) is 23.8 Å². The van der Waals surface area contributed by atoms with Crippen LogP contribution in [0.5, 0.6) is 0 Å². The highest BCUT2D eigenvalue weighted by Gasteiger charge is 2.26. The molecule has 0 fully saturated rings. The Kier molecular flexibility index (Phi) is 7.35. The van der Waals surface area contributed by atoms with Crippen LogP contribution in [0.1, 0.15) is 53.9 Å². The molecule has 0 aromatic carbocycles. The highest BCUT2D eigenvalue weighted by atomic mass is 127. The van der Waals surface area contributed by atoms with Crippen molar-refractivity contribution in [3.05, 3.63) is 56.3 Å². The molecule has 0 amide bonds. The SMILES string of the molecule is CC1=C(/C=C/C(C)=C/C=C\C(C)=C(/I)C#N)C(C)(C)CCC1. The number of nitriles is 1. The van der Waals surface area contributed by atoms with Crippen molar-refractivity contribution in [2.75, 3.05) is 0 Å². The molecule has 0 N–H and O–H groups in total. The van der Waals surface area contributed by atoms with Gasteiger partial charge in [0, 0.05) is 0 Å². The summed E-state index contributed by atoms with van der Waals surface area (Å²) in [7, 11) is 0. The van der Waals surface area contributed by atoms with Crippen LogP contribution >= 0.6 is 22.6 Å². The van der Waals surface area contributed by atoms with E-state index in [1.165, 1.54) is 36.0 Å². The van der Waals surface area contributed by atoms with Crippen LogP contribution in [0.25, 0.3) is 0 Å². The Labute approximate surface area is 149 Å². The fourth-order valence-corrected chi connectivity index (χ4v) is 2.97. The van der Waals surface area contributed by atoms with E-state index in [-0.39, 0.29) is 5.41 Å². The van der Waals surface area contributed by atoms with E-state index in [0.29, 0.717) is 0 Å². The number of nitrogens with zero attached hydrogens (tertiary/aromatic N) is 1. The van der Waals surface area contributed by atoms with Gasteiger partial charge >= 0.3 is 0 Å². The lowest BCUT2D eigenvalue weighted by Crippen LogP contribution is -2.19. The van der Waals surface area contributed by atoms with Crippen molar-refractivity contribution in [1.29, 1.82) is 5.26 Å². The summed E-state index contributed by atoms with van der Waals surface area (Å²) in [5.41, 5.74) is 5.53. The van der Waals surface area contributed by atoms with Crippen LogP contribution in [0, 0.1) is 16.7 Å². The molecule has 1 nitrogen and oxygen atoms in total. The molecular weight excluding hydrogens is 381 g/mol. The molecule has 1 aliphatic carbocycles. The molecule has 0 bridgehead atoms. The third kappa shape index (κ3) is 5.61. The quantitative estimate of drug-likeness (QED) is 0.286. The van der Waals surface area contributed by atoms with E-state index in [9.17, 15) is 0 Å². The molecule has 0 spiro atoms. The second-order valence-electron chi connectivity index (χ2n) is 6.64. The average Bonchev–Trinajstić information content (AvgIpc) is 2.45. The molecule has 0 aromatic heterocycles. The van der Waals surface area contributed by atoms with Crippen LogP contribution in [0.3, 0.4) is 0 Å². The van der Waals surface area contributed by atoms with Gasteiger partial charge in [-0.05, 0) is 79.2 Å². The summed E-state index contributed by atoms with van der Waals surface area (Å²) in [6.07, 6.45) is 14.4. The zero-order valence-electron chi connectivity index (χ0n) is 14.3. The molecule has 0 saturated carbocycles. The first kappa shape index (κ1) is 19.0. The molecule has 1 aliphatic rings. The Morgan fingerprint density at radius 1 is 1.27 bits per heavy atom. The van der Waals surface area contributed by atoms with Crippen LogP contribution in [0.15, 0.2) is 56.3 Å². The smallest absolute Gasteiger partial charge is 0.106 e. The van der Waals surface area contributed by atoms with E-state index in [2.05, 4.69) is 74.6 Å². The first-order valence-corrected chi connectivity index (χ1v) is 8.85. The van der Waals surface area contributed by atoms with Crippen molar-refractivity contribution in [2.24, 2.45) is 5.41 Å². The highest BCUT2D eigenvalue weighted by Crippen LogP contribution is 2.40. The van der Waals surface area contributed by atoms with Gasteiger partial charge in [-0.2, -0.15) is 5.26 Å². The number of allylic oxidation sites excluding steroid dienone is 10. The lowest BCUT2D eigenvalue weighted by atomic mass is 9.72. The lowest BCUT2D eigenvalue weighted by molar-refractivity contribution is 0.377. The summed E-state index contributed by atoms with van der Waals surface area (Å²) in [5, 5.41) is 8.84. The van der Waals surface area contributed by atoms with Crippen LogP contribution in [-0.4, -0.2) is 0 Å². The van der Waals surface area contributed by atoms with Gasteiger partial charge in [-0.15, -0.1) is 0 Å².